The van der Waals surface area contributed by atoms with Crippen LogP contribution in [0.4, 0.5) is 0 Å². The number of carbonyl (C=O) groups is 2. The molecule has 2 bridgehead atoms. The zero-order valence-corrected chi connectivity index (χ0v) is 15.3. The minimum atomic E-state index is -0.249. The van der Waals surface area contributed by atoms with Crippen molar-refractivity contribution in [2.45, 2.75) is 51.6 Å². The number of fused-ring (bicyclic) bond motifs is 1. The van der Waals surface area contributed by atoms with Gasteiger partial charge in [-0.05, 0) is 31.6 Å². The number of unbranched alkanes of at least 4 members (excludes halogenated alkanes) is 3. The van der Waals surface area contributed by atoms with E-state index in [2.05, 4.69) is 21.0 Å². The van der Waals surface area contributed by atoms with Crippen molar-refractivity contribution in [3.8, 4) is 0 Å². The van der Waals surface area contributed by atoms with E-state index in [-0.39, 0.29) is 35.8 Å². The van der Waals surface area contributed by atoms with Crippen LogP contribution in [0.15, 0.2) is 0 Å². The van der Waals surface area contributed by atoms with Crippen molar-refractivity contribution in [3.63, 3.8) is 0 Å². The van der Waals surface area contributed by atoms with Gasteiger partial charge in [-0.2, -0.15) is 0 Å². The normalized spacial score (nSPS) is 33.8. The standard InChI is InChI=1S/C19H32NO4/c1-4-5-6-7-8-20(2,3)9-10-23-18(21)16-13-11-14-15(12-13)24-19(22)17(14)16/h13-17H,4-12H2,1-3H3/q+1. The van der Waals surface area contributed by atoms with E-state index < -0.39 is 0 Å². The van der Waals surface area contributed by atoms with Crippen LogP contribution in [-0.4, -0.2) is 56.3 Å². The maximum Gasteiger partial charge on any atom is 0.310 e. The molecule has 5 atom stereocenters. The smallest absolute Gasteiger partial charge is 0.310 e. The Kier molecular flexibility index (Phi) is 5.19. The minimum absolute atomic E-state index is 0.0790. The van der Waals surface area contributed by atoms with Crippen molar-refractivity contribution in [1.82, 2.24) is 0 Å². The van der Waals surface area contributed by atoms with E-state index in [4.69, 9.17) is 9.47 Å². The van der Waals surface area contributed by atoms with Crippen molar-refractivity contribution in [1.29, 1.82) is 0 Å². The molecule has 24 heavy (non-hydrogen) atoms. The van der Waals surface area contributed by atoms with E-state index in [9.17, 15) is 9.59 Å². The molecule has 5 nitrogen and oxygen atoms in total. The Hall–Kier alpha value is -1.10. The van der Waals surface area contributed by atoms with Gasteiger partial charge < -0.3 is 14.0 Å². The highest BCUT2D eigenvalue weighted by atomic mass is 16.6. The Morgan fingerprint density at radius 1 is 1.21 bits per heavy atom. The maximum absolute atomic E-state index is 12.5. The van der Waals surface area contributed by atoms with Gasteiger partial charge in [0.25, 0.3) is 0 Å². The second-order valence-corrected chi connectivity index (χ2v) is 8.53. The Balaban J connectivity index is 1.42. The van der Waals surface area contributed by atoms with Crippen molar-refractivity contribution in [2.75, 3.05) is 33.8 Å². The van der Waals surface area contributed by atoms with Crippen LogP contribution in [0.1, 0.15) is 45.4 Å². The molecule has 136 valence electrons. The van der Waals surface area contributed by atoms with Crippen LogP contribution >= 0.6 is 0 Å². The van der Waals surface area contributed by atoms with Crippen LogP contribution < -0.4 is 0 Å². The number of hydrogen-bond acceptors (Lipinski definition) is 4. The third kappa shape index (κ3) is 3.46. The molecule has 0 spiro atoms. The molecular formula is C19H32NO4+. The topological polar surface area (TPSA) is 52.6 Å². The zero-order chi connectivity index (χ0) is 17.3. The number of quaternary nitrogens is 1. The minimum Gasteiger partial charge on any atom is -0.462 e. The molecule has 0 aromatic heterocycles. The first-order valence-electron chi connectivity index (χ1n) is 9.62. The molecule has 3 aliphatic rings. The SMILES string of the molecule is CCCCCC[N+](C)(C)CCOC(=O)C1C2CC3OC(=O)C1C3C2. The van der Waals surface area contributed by atoms with Crippen LogP contribution in [-0.2, 0) is 19.1 Å². The highest BCUT2D eigenvalue weighted by molar-refractivity contribution is 5.85. The summed E-state index contributed by atoms with van der Waals surface area (Å²) in [7, 11) is 4.38. The van der Waals surface area contributed by atoms with Gasteiger partial charge in [0.1, 0.15) is 19.3 Å². The predicted molar refractivity (Wildman–Crippen MR) is 90.0 cm³/mol. The number of ether oxygens (including phenoxy) is 2. The number of hydrogen-bond donors (Lipinski definition) is 0. The summed E-state index contributed by atoms with van der Waals surface area (Å²) in [6.45, 7) is 4.61. The fourth-order valence-corrected chi connectivity index (χ4v) is 4.89. The van der Waals surface area contributed by atoms with E-state index >= 15 is 0 Å². The van der Waals surface area contributed by atoms with Crippen molar-refractivity contribution in [3.05, 3.63) is 0 Å². The van der Waals surface area contributed by atoms with E-state index in [0.29, 0.717) is 12.5 Å². The average molecular weight is 338 g/mol. The van der Waals surface area contributed by atoms with Gasteiger partial charge in [0.15, 0.2) is 0 Å². The quantitative estimate of drug-likeness (QED) is 0.368. The largest absolute Gasteiger partial charge is 0.462 e. The maximum atomic E-state index is 12.5. The molecule has 1 aliphatic heterocycles. The Bertz CT molecular complexity index is 488. The van der Waals surface area contributed by atoms with Crippen molar-refractivity contribution in [2.24, 2.45) is 23.7 Å². The summed E-state index contributed by atoms with van der Waals surface area (Å²) in [5.74, 6) is -0.250. The fraction of sp³-hybridized carbons (Fsp3) is 0.895. The molecule has 0 amide bonds. The lowest BCUT2D eigenvalue weighted by atomic mass is 9.80. The molecule has 0 radical (unpaired) electrons. The van der Waals surface area contributed by atoms with Gasteiger partial charge in [-0.3, -0.25) is 9.59 Å². The molecular weight excluding hydrogens is 306 g/mol. The van der Waals surface area contributed by atoms with E-state index in [1.54, 1.807) is 0 Å². The van der Waals surface area contributed by atoms with Crippen molar-refractivity contribution < 1.29 is 23.5 Å². The van der Waals surface area contributed by atoms with Crippen LogP contribution in [0.5, 0.6) is 0 Å². The van der Waals surface area contributed by atoms with E-state index in [0.717, 1.165) is 30.4 Å². The Morgan fingerprint density at radius 3 is 2.75 bits per heavy atom. The van der Waals surface area contributed by atoms with Gasteiger partial charge in [-0.1, -0.05) is 19.8 Å². The van der Waals surface area contributed by atoms with Crippen LogP contribution in [0, 0.1) is 23.7 Å². The second-order valence-electron chi connectivity index (χ2n) is 8.53. The monoisotopic (exact) mass is 338 g/mol. The molecule has 5 unspecified atom stereocenters. The Labute approximate surface area is 145 Å². The highest BCUT2D eigenvalue weighted by Crippen LogP contribution is 2.57. The zero-order valence-electron chi connectivity index (χ0n) is 15.3. The summed E-state index contributed by atoms with van der Waals surface area (Å²) < 4.78 is 11.8. The summed E-state index contributed by atoms with van der Waals surface area (Å²) in [4.78, 5) is 24.5. The third-order valence-electron chi connectivity index (χ3n) is 6.31. The fourth-order valence-electron chi connectivity index (χ4n) is 4.89. The summed E-state index contributed by atoms with van der Waals surface area (Å²) >= 11 is 0. The summed E-state index contributed by atoms with van der Waals surface area (Å²) in [6, 6.07) is 0. The first kappa shape index (κ1) is 17.7. The summed E-state index contributed by atoms with van der Waals surface area (Å²) in [6.07, 6.45) is 6.92. The number of nitrogens with zero attached hydrogens (tertiary/aromatic N) is 1. The first-order valence-corrected chi connectivity index (χ1v) is 9.62. The van der Waals surface area contributed by atoms with Gasteiger partial charge >= 0.3 is 11.9 Å². The number of rotatable bonds is 9. The van der Waals surface area contributed by atoms with Crippen LogP contribution in [0.3, 0.4) is 0 Å². The lowest BCUT2D eigenvalue weighted by Gasteiger charge is -2.30. The summed E-state index contributed by atoms with van der Waals surface area (Å²) in [5, 5.41) is 0. The molecule has 1 heterocycles. The lowest BCUT2D eigenvalue weighted by molar-refractivity contribution is -0.890. The third-order valence-corrected chi connectivity index (χ3v) is 6.31. The molecule has 3 rings (SSSR count). The van der Waals surface area contributed by atoms with Crippen LogP contribution in [0.25, 0.3) is 0 Å². The predicted octanol–water partition coefficient (Wildman–Crippen LogP) is 2.38. The molecule has 0 aromatic carbocycles. The number of esters is 2. The summed E-state index contributed by atoms with van der Waals surface area (Å²) in [5.41, 5.74) is 0. The molecule has 5 heteroatoms. The van der Waals surface area contributed by atoms with Gasteiger partial charge in [-0.25, -0.2) is 0 Å². The lowest BCUT2D eigenvalue weighted by Crippen LogP contribution is -2.44. The molecule has 2 aliphatic carbocycles. The first-order chi connectivity index (χ1) is 11.4. The highest BCUT2D eigenvalue weighted by Gasteiger charge is 2.64. The molecule has 0 aromatic rings. The molecule has 1 saturated heterocycles. The van der Waals surface area contributed by atoms with Gasteiger partial charge in [-0.15, -0.1) is 0 Å². The van der Waals surface area contributed by atoms with Gasteiger partial charge in [0.05, 0.1) is 32.5 Å². The Morgan fingerprint density at radius 2 is 2.00 bits per heavy atom. The van der Waals surface area contributed by atoms with Crippen LogP contribution in [0.2, 0.25) is 0 Å². The molecule has 0 N–H and O–H groups in total. The number of likely N-dealkylation sites (N-methyl/N-ethyl adjacent to an activating group) is 1. The van der Waals surface area contributed by atoms with Crippen molar-refractivity contribution >= 4 is 11.9 Å². The van der Waals surface area contributed by atoms with E-state index in [1.807, 2.05) is 0 Å². The van der Waals surface area contributed by atoms with E-state index in [1.165, 1.54) is 25.7 Å². The average Bonchev–Trinajstić information content (AvgIpc) is 3.13. The van der Waals surface area contributed by atoms with Gasteiger partial charge in [0.2, 0.25) is 0 Å². The second kappa shape index (κ2) is 7.03. The van der Waals surface area contributed by atoms with Gasteiger partial charge in [0, 0.05) is 5.92 Å². The molecule has 3 fully saturated rings. The molecule has 2 saturated carbocycles. The number of carbonyl (C=O) groups excluding carboxylic acids is 2.